The van der Waals surface area contributed by atoms with E-state index in [1.54, 1.807) is 12.1 Å². The molecule has 3 aromatic heterocycles. The van der Waals surface area contributed by atoms with E-state index in [0.29, 0.717) is 17.0 Å². The lowest BCUT2D eigenvalue weighted by molar-refractivity contribution is -0.136. The molecule has 4 aliphatic rings. The third-order valence-corrected chi connectivity index (χ3v) is 12.6. The highest BCUT2D eigenvalue weighted by atomic mass is 16.5. The summed E-state index contributed by atoms with van der Waals surface area (Å²) in [4.78, 5) is 65.0. The van der Waals surface area contributed by atoms with Crippen molar-refractivity contribution in [3.63, 3.8) is 0 Å². The number of ether oxygens (including phenoxy) is 2. The average molecular weight is 798 g/mol. The Labute approximate surface area is 343 Å². The van der Waals surface area contributed by atoms with Gasteiger partial charge in [-0.25, -0.2) is 4.98 Å². The van der Waals surface area contributed by atoms with Gasteiger partial charge < -0.3 is 18.9 Å². The second-order valence-electron chi connectivity index (χ2n) is 16.4. The van der Waals surface area contributed by atoms with E-state index in [-0.39, 0.29) is 31.0 Å². The van der Waals surface area contributed by atoms with Crippen LogP contribution in [-0.4, -0.2) is 106 Å². The number of aromatic nitrogens is 3. The van der Waals surface area contributed by atoms with Gasteiger partial charge in [-0.05, 0) is 67.8 Å². The monoisotopic (exact) mass is 797 g/mol. The number of rotatable bonds is 15. The lowest BCUT2D eigenvalue weighted by atomic mass is 9.92. The molecule has 0 radical (unpaired) electrons. The topological polar surface area (TPSA) is 139 Å². The first-order valence-corrected chi connectivity index (χ1v) is 21.2. The lowest BCUT2D eigenvalue weighted by Crippen LogP contribution is -2.54. The van der Waals surface area contributed by atoms with E-state index >= 15 is 0 Å². The van der Waals surface area contributed by atoms with E-state index in [1.807, 2.05) is 30.7 Å². The molecule has 2 saturated heterocycles. The minimum Gasteiger partial charge on any atom is -0.474 e. The quantitative estimate of drug-likeness (QED) is 0.0952. The molecule has 1 aliphatic carbocycles. The van der Waals surface area contributed by atoms with Crippen LogP contribution >= 0.6 is 0 Å². The Morgan fingerprint density at radius 1 is 0.746 bits per heavy atom. The fraction of sp³-hybridized carbons (Fsp3) is 0.435. The van der Waals surface area contributed by atoms with Crippen molar-refractivity contribution in [2.75, 3.05) is 44.2 Å². The summed E-state index contributed by atoms with van der Waals surface area (Å²) in [5, 5.41) is 4.61. The molecule has 3 fully saturated rings. The predicted molar refractivity (Wildman–Crippen MR) is 224 cm³/mol. The molecule has 13 nitrogen and oxygen atoms in total. The van der Waals surface area contributed by atoms with E-state index in [9.17, 15) is 19.2 Å². The summed E-state index contributed by atoms with van der Waals surface area (Å²) >= 11 is 0. The average Bonchev–Trinajstić information content (AvgIpc) is 3.67. The molecule has 13 heteroatoms. The van der Waals surface area contributed by atoms with Crippen LogP contribution in [0.4, 0.5) is 5.69 Å². The van der Waals surface area contributed by atoms with Crippen LogP contribution in [-0.2, 0) is 21.4 Å². The van der Waals surface area contributed by atoms with Crippen LogP contribution in [0.2, 0.25) is 0 Å². The maximum absolute atomic E-state index is 13.3. The summed E-state index contributed by atoms with van der Waals surface area (Å²) in [6, 6.07) is 17.0. The summed E-state index contributed by atoms with van der Waals surface area (Å²) in [5.41, 5.74) is 6.09. The number of hydrogen-bond acceptors (Lipinski definition) is 10. The Balaban J connectivity index is 0.616. The van der Waals surface area contributed by atoms with Gasteiger partial charge in [-0.2, -0.15) is 0 Å². The van der Waals surface area contributed by atoms with Crippen molar-refractivity contribution in [2.45, 2.75) is 82.5 Å². The molecule has 3 aliphatic heterocycles. The van der Waals surface area contributed by atoms with E-state index in [0.717, 1.165) is 85.7 Å². The smallest absolute Gasteiger partial charge is 0.262 e. The van der Waals surface area contributed by atoms with Crippen molar-refractivity contribution >= 4 is 51.1 Å². The van der Waals surface area contributed by atoms with Crippen LogP contribution in [0, 0.1) is 0 Å². The molecule has 1 N–H and O–H groups in total. The number of unbranched alkanes of at least 4 members (excludes halogenated alkanes) is 5. The molecule has 9 rings (SSSR count). The number of piperazine rings is 1. The number of carbonyl (C=O) groups excluding carboxylic acids is 4. The molecule has 0 bridgehead atoms. The second-order valence-corrected chi connectivity index (χ2v) is 16.4. The number of nitrogens with one attached hydrogen (secondary N) is 1. The van der Waals surface area contributed by atoms with E-state index in [1.165, 1.54) is 48.5 Å². The maximum Gasteiger partial charge on any atom is 0.262 e. The van der Waals surface area contributed by atoms with E-state index in [4.69, 9.17) is 9.47 Å². The van der Waals surface area contributed by atoms with E-state index < -0.39 is 23.8 Å². The van der Waals surface area contributed by atoms with Crippen LogP contribution in [0.3, 0.4) is 0 Å². The molecule has 2 aromatic carbocycles. The van der Waals surface area contributed by atoms with Gasteiger partial charge in [-0.15, -0.1) is 0 Å². The summed E-state index contributed by atoms with van der Waals surface area (Å²) in [5.74, 6) is -1.25. The minimum absolute atomic E-state index is 0.107. The molecule has 59 heavy (non-hydrogen) atoms. The molecule has 1 saturated carbocycles. The van der Waals surface area contributed by atoms with Gasteiger partial charge in [0.25, 0.3) is 11.8 Å². The molecule has 4 amide bonds. The first-order chi connectivity index (χ1) is 28.8. The number of benzene rings is 2. The van der Waals surface area contributed by atoms with Crippen LogP contribution in [0.25, 0.3) is 32.9 Å². The number of pyridine rings is 2. The first kappa shape index (κ1) is 38.8. The number of aryl methyl sites for hydroxylation is 1. The first-order valence-electron chi connectivity index (χ1n) is 21.2. The third-order valence-electron chi connectivity index (χ3n) is 12.6. The number of hydrogen-bond donors (Lipinski definition) is 1. The fourth-order valence-corrected chi connectivity index (χ4v) is 9.05. The van der Waals surface area contributed by atoms with Crippen molar-refractivity contribution in [2.24, 2.45) is 7.05 Å². The second kappa shape index (κ2) is 16.9. The van der Waals surface area contributed by atoms with Gasteiger partial charge in [0.15, 0.2) is 0 Å². The Hall–Kier alpha value is -5.66. The molecule has 1 unspecified atom stereocenters. The molecule has 6 heterocycles. The number of nitrogens with zero attached hydrogens (tertiary/aromatic N) is 6. The number of piperidine rings is 1. The fourth-order valence-electron chi connectivity index (χ4n) is 9.05. The summed E-state index contributed by atoms with van der Waals surface area (Å²) in [7, 11) is 2.09. The normalized spacial score (nSPS) is 21.0. The zero-order valence-electron chi connectivity index (χ0n) is 33.6. The number of fused-ring (bicyclic) bond motifs is 4. The molecule has 0 spiro atoms. The van der Waals surface area contributed by atoms with Crippen molar-refractivity contribution in [3.05, 3.63) is 84.3 Å². The Morgan fingerprint density at radius 3 is 2.32 bits per heavy atom. The predicted octanol–water partition coefficient (Wildman–Crippen LogP) is 6.28. The molecular weight excluding hydrogens is 747 g/mol. The van der Waals surface area contributed by atoms with Gasteiger partial charge in [0.1, 0.15) is 12.1 Å². The largest absolute Gasteiger partial charge is 0.474 e. The number of carbonyl (C=O) groups is 4. The standard InChI is InChI=1S/C46H51N7O6/c1-50-39-16-17-47-29-38(39)35-11-8-30(24-41(35)50)31-9-15-43(48-28-31)59-34-26-33(27-34)58-23-7-5-3-2-4-6-18-51-19-21-52(22-20-51)32-10-12-36-37(25-32)46(57)53(45(36)56)40-13-14-42(54)49-44(40)55/h8-12,15-17,24-25,28-29,33-34,40H,2-7,13-14,18-23,26-27H2,1H3,(H,49,54,55)/t33-,34-,40?. The minimum atomic E-state index is -0.952. The van der Waals surface area contributed by atoms with Crippen LogP contribution in [0.5, 0.6) is 5.88 Å². The van der Waals surface area contributed by atoms with Crippen LogP contribution in [0.15, 0.2) is 73.2 Å². The number of imide groups is 2. The summed E-state index contributed by atoms with van der Waals surface area (Å²) < 4.78 is 14.5. The molecular formula is C46H51N7O6. The molecule has 1 atom stereocenters. The van der Waals surface area contributed by atoms with Crippen LogP contribution < -0.4 is 15.0 Å². The maximum atomic E-state index is 13.3. The molecule has 5 aromatic rings. The zero-order chi connectivity index (χ0) is 40.5. The Morgan fingerprint density at radius 2 is 1.53 bits per heavy atom. The molecule has 306 valence electrons. The zero-order valence-corrected chi connectivity index (χ0v) is 33.6. The van der Waals surface area contributed by atoms with Crippen LogP contribution in [0.1, 0.15) is 84.9 Å². The van der Waals surface area contributed by atoms with E-state index in [2.05, 4.69) is 67.0 Å². The highest BCUT2D eigenvalue weighted by Crippen LogP contribution is 2.34. The van der Waals surface area contributed by atoms with Crippen molar-refractivity contribution in [1.29, 1.82) is 0 Å². The highest BCUT2D eigenvalue weighted by Gasteiger charge is 2.45. The van der Waals surface area contributed by atoms with Crippen molar-refractivity contribution in [3.8, 4) is 17.0 Å². The SMILES string of the molecule is Cn1c2ccncc2c2ccc(-c3ccc(O[C@H]4C[C@H](OCCCCCCCCN5CCN(c6ccc7c(c6)C(=O)N(C6CCC(=O)NC6=O)C7=O)CC5)C4)nc3)cc21. The van der Waals surface area contributed by atoms with Gasteiger partial charge in [0.2, 0.25) is 17.7 Å². The van der Waals surface area contributed by atoms with Crippen molar-refractivity contribution < 1.29 is 28.7 Å². The van der Waals surface area contributed by atoms with Gasteiger partial charge in [-0.1, -0.05) is 37.8 Å². The van der Waals surface area contributed by atoms with Gasteiger partial charge in [0.05, 0.1) is 22.7 Å². The third kappa shape index (κ3) is 8.05. The Bertz CT molecular complexity index is 2380. The number of amides is 4. The lowest BCUT2D eigenvalue weighted by Gasteiger charge is -2.36. The number of anilines is 1. The van der Waals surface area contributed by atoms with Crippen molar-refractivity contribution in [1.82, 2.24) is 29.7 Å². The highest BCUT2D eigenvalue weighted by molar-refractivity contribution is 6.23. The summed E-state index contributed by atoms with van der Waals surface area (Å²) in [6.07, 6.45) is 15.3. The summed E-state index contributed by atoms with van der Waals surface area (Å²) in [6.45, 7) is 5.47. The van der Waals surface area contributed by atoms with Gasteiger partial charge >= 0.3 is 0 Å². The van der Waals surface area contributed by atoms with Gasteiger partial charge in [-0.3, -0.25) is 39.3 Å². The van der Waals surface area contributed by atoms with Gasteiger partial charge in [0, 0.05) is 111 Å². The Kier molecular flexibility index (Phi) is 11.1.